The molecule has 0 fully saturated rings. The molecule has 0 amide bonds. The number of rotatable bonds is 5. The minimum Gasteiger partial charge on any atom is -0.457 e. The highest BCUT2D eigenvalue weighted by Crippen LogP contribution is 2.23. The molecule has 0 unspecified atom stereocenters. The number of hydrogen-bond acceptors (Lipinski definition) is 4. The van der Waals surface area contributed by atoms with Gasteiger partial charge in [-0.25, -0.2) is 4.79 Å². The van der Waals surface area contributed by atoms with E-state index in [9.17, 15) is 9.59 Å². The van der Waals surface area contributed by atoms with Crippen molar-refractivity contribution in [3.05, 3.63) is 83.6 Å². The molecular formula is C19H14O4. The predicted octanol–water partition coefficient (Wildman–Crippen LogP) is 4.12. The van der Waals surface area contributed by atoms with Crippen LogP contribution in [0.15, 0.2) is 71.1 Å². The number of carbonyl (C=O) groups is 2. The quantitative estimate of drug-likeness (QED) is 0.525. The highest BCUT2D eigenvalue weighted by Gasteiger charge is 2.11. The maximum Gasteiger partial charge on any atom is 0.338 e. The molecule has 0 N–H and O–H groups in total. The first kappa shape index (κ1) is 14.8. The number of hydrogen-bond donors (Lipinski definition) is 0. The van der Waals surface area contributed by atoms with E-state index < -0.39 is 5.97 Å². The Morgan fingerprint density at radius 2 is 1.83 bits per heavy atom. The molecule has 0 atom stereocenters. The van der Waals surface area contributed by atoms with E-state index in [1.165, 1.54) is 0 Å². The van der Waals surface area contributed by atoms with E-state index in [1.807, 2.05) is 30.3 Å². The molecule has 114 valence electrons. The van der Waals surface area contributed by atoms with Crippen LogP contribution in [0.25, 0.3) is 11.3 Å². The van der Waals surface area contributed by atoms with Gasteiger partial charge in [0.1, 0.15) is 12.4 Å². The predicted molar refractivity (Wildman–Crippen MR) is 85.1 cm³/mol. The van der Waals surface area contributed by atoms with Crippen molar-refractivity contribution in [2.24, 2.45) is 0 Å². The lowest BCUT2D eigenvalue weighted by Gasteiger charge is -2.06. The Labute approximate surface area is 133 Å². The smallest absolute Gasteiger partial charge is 0.338 e. The summed E-state index contributed by atoms with van der Waals surface area (Å²) in [6.07, 6.45) is 0.640. The summed E-state index contributed by atoms with van der Waals surface area (Å²) in [6.45, 7) is 0.222. The maximum absolute atomic E-state index is 12.2. The third-order valence-electron chi connectivity index (χ3n) is 3.34. The fraction of sp³-hybridized carbons (Fsp3) is 0.0526. The first-order chi connectivity index (χ1) is 11.3. The summed E-state index contributed by atoms with van der Waals surface area (Å²) in [5.74, 6) is 0.375. The molecule has 1 aromatic heterocycles. The molecule has 0 saturated carbocycles. The second-order valence-electron chi connectivity index (χ2n) is 4.96. The van der Waals surface area contributed by atoms with Crippen molar-refractivity contribution in [2.45, 2.75) is 6.61 Å². The van der Waals surface area contributed by atoms with Crippen molar-refractivity contribution in [3.63, 3.8) is 0 Å². The van der Waals surface area contributed by atoms with Gasteiger partial charge in [-0.2, -0.15) is 0 Å². The molecule has 4 heteroatoms. The summed E-state index contributed by atoms with van der Waals surface area (Å²) >= 11 is 0. The van der Waals surface area contributed by atoms with Gasteiger partial charge in [0.15, 0.2) is 12.0 Å². The molecule has 0 spiro atoms. The molecule has 1 heterocycles. The van der Waals surface area contributed by atoms with Crippen LogP contribution in [0.5, 0.6) is 0 Å². The van der Waals surface area contributed by atoms with Crippen LogP contribution in [-0.4, -0.2) is 12.3 Å². The molecule has 0 aliphatic rings. The molecule has 0 bridgehead atoms. The van der Waals surface area contributed by atoms with E-state index in [0.29, 0.717) is 23.2 Å². The van der Waals surface area contributed by atoms with Crippen molar-refractivity contribution >= 4 is 12.3 Å². The number of carbonyl (C=O) groups excluding carboxylic acids is 2. The van der Waals surface area contributed by atoms with Crippen molar-refractivity contribution in [3.8, 4) is 11.3 Å². The summed E-state index contributed by atoms with van der Waals surface area (Å²) in [5.41, 5.74) is 2.08. The molecule has 2 aromatic carbocycles. The zero-order chi connectivity index (χ0) is 16.1. The average molecular weight is 306 g/mol. The number of ether oxygens (including phenoxy) is 1. The minimum absolute atomic E-state index is 0.222. The van der Waals surface area contributed by atoms with Crippen molar-refractivity contribution in [2.75, 3.05) is 0 Å². The van der Waals surface area contributed by atoms with E-state index in [-0.39, 0.29) is 12.4 Å². The number of aldehydes is 1. The van der Waals surface area contributed by atoms with Crippen LogP contribution < -0.4 is 0 Å². The van der Waals surface area contributed by atoms with Gasteiger partial charge in [-0.1, -0.05) is 42.5 Å². The number of esters is 1. The van der Waals surface area contributed by atoms with Gasteiger partial charge in [0, 0.05) is 5.56 Å². The van der Waals surface area contributed by atoms with Crippen molar-refractivity contribution < 1.29 is 18.7 Å². The summed E-state index contributed by atoms with van der Waals surface area (Å²) in [6, 6.07) is 19.7. The Morgan fingerprint density at radius 3 is 2.57 bits per heavy atom. The second-order valence-corrected chi connectivity index (χ2v) is 4.96. The number of benzene rings is 2. The molecule has 0 radical (unpaired) electrons. The zero-order valence-electron chi connectivity index (χ0n) is 12.3. The van der Waals surface area contributed by atoms with Crippen LogP contribution in [0.1, 0.15) is 26.5 Å². The molecule has 0 saturated heterocycles. The van der Waals surface area contributed by atoms with Crippen molar-refractivity contribution in [1.82, 2.24) is 0 Å². The van der Waals surface area contributed by atoms with Crippen LogP contribution in [0.4, 0.5) is 0 Å². The topological polar surface area (TPSA) is 56.5 Å². The SMILES string of the molecule is O=Cc1ccc(-c2cccc(C(=O)OCc3ccccc3)c2)o1. The summed E-state index contributed by atoms with van der Waals surface area (Å²) in [5, 5.41) is 0. The average Bonchev–Trinajstić information content (AvgIpc) is 3.10. The van der Waals surface area contributed by atoms with Gasteiger partial charge in [0.25, 0.3) is 0 Å². The lowest BCUT2D eigenvalue weighted by Crippen LogP contribution is -2.05. The monoisotopic (exact) mass is 306 g/mol. The van der Waals surface area contributed by atoms with Gasteiger partial charge in [-0.05, 0) is 29.8 Å². The summed E-state index contributed by atoms with van der Waals surface area (Å²) in [4.78, 5) is 22.8. The Hall–Kier alpha value is -3.14. The van der Waals surface area contributed by atoms with E-state index in [0.717, 1.165) is 5.56 Å². The minimum atomic E-state index is -0.405. The fourth-order valence-electron chi connectivity index (χ4n) is 2.18. The largest absolute Gasteiger partial charge is 0.457 e. The van der Waals surface area contributed by atoms with Gasteiger partial charge in [-0.15, -0.1) is 0 Å². The first-order valence-corrected chi connectivity index (χ1v) is 7.13. The Kier molecular flexibility index (Phi) is 4.34. The van der Waals surface area contributed by atoms with Crippen LogP contribution in [0.3, 0.4) is 0 Å². The third-order valence-corrected chi connectivity index (χ3v) is 3.34. The van der Waals surface area contributed by atoms with Crippen LogP contribution in [-0.2, 0) is 11.3 Å². The molecule has 3 aromatic rings. The first-order valence-electron chi connectivity index (χ1n) is 7.13. The van der Waals surface area contributed by atoms with E-state index in [1.54, 1.807) is 36.4 Å². The van der Waals surface area contributed by atoms with E-state index >= 15 is 0 Å². The Balaban J connectivity index is 1.73. The molecule has 4 nitrogen and oxygen atoms in total. The maximum atomic E-state index is 12.2. The van der Waals surface area contributed by atoms with Crippen molar-refractivity contribution in [1.29, 1.82) is 0 Å². The van der Waals surface area contributed by atoms with Crippen LogP contribution in [0.2, 0.25) is 0 Å². The molecule has 0 aliphatic carbocycles. The Morgan fingerprint density at radius 1 is 1.00 bits per heavy atom. The summed E-state index contributed by atoms with van der Waals surface area (Å²) < 4.78 is 10.7. The lowest BCUT2D eigenvalue weighted by molar-refractivity contribution is 0.0472. The van der Waals surface area contributed by atoms with Gasteiger partial charge < -0.3 is 9.15 Å². The molecular weight excluding hydrogens is 292 g/mol. The van der Waals surface area contributed by atoms with E-state index in [4.69, 9.17) is 9.15 Å². The van der Waals surface area contributed by atoms with Gasteiger partial charge in [0.05, 0.1) is 5.56 Å². The number of furan rings is 1. The highest BCUT2D eigenvalue weighted by molar-refractivity contribution is 5.90. The van der Waals surface area contributed by atoms with E-state index in [2.05, 4.69) is 0 Å². The molecule has 3 rings (SSSR count). The normalized spacial score (nSPS) is 10.3. The standard InChI is InChI=1S/C19H14O4/c20-12-17-9-10-18(23-17)15-7-4-8-16(11-15)19(21)22-13-14-5-2-1-3-6-14/h1-12H,13H2. The molecule has 23 heavy (non-hydrogen) atoms. The highest BCUT2D eigenvalue weighted by atomic mass is 16.5. The summed E-state index contributed by atoms with van der Waals surface area (Å²) in [7, 11) is 0. The zero-order valence-corrected chi connectivity index (χ0v) is 12.3. The third kappa shape index (κ3) is 3.55. The Bertz CT molecular complexity index is 818. The van der Waals surface area contributed by atoms with Gasteiger partial charge >= 0.3 is 5.97 Å². The van der Waals surface area contributed by atoms with Gasteiger partial charge in [0.2, 0.25) is 0 Å². The fourth-order valence-corrected chi connectivity index (χ4v) is 2.18. The van der Waals surface area contributed by atoms with Gasteiger partial charge in [-0.3, -0.25) is 4.79 Å². The van der Waals surface area contributed by atoms with Crippen LogP contribution in [0, 0.1) is 0 Å². The molecule has 0 aliphatic heterocycles. The second kappa shape index (κ2) is 6.75. The van der Waals surface area contributed by atoms with Crippen LogP contribution >= 0.6 is 0 Å². The lowest BCUT2D eigenvalue weighted by atomic mass is 10.1.